The largest absolute Gasteiger partial charge is 0.444 e. The monoisotopic (exact) mass is 555 g/mol. The number of nitrogens with one attached hydrogen (secondary N) is 1. The molecule has 2 heterocycles. The van der Waals surface area contributed by atoms with Crippen molar-refractivity contribution < 1.29 is 24.2 Å². The third-order valence-electron chi connectivity index (χ3n) is 7.77. The van der Waals surface area contributed by atoms with Crippen LogP contribution in [0.15, 0.2) is 29.3 Å². The molecule has 40 heavy (non-hydrogen) atoms. The highest BCUT2D eigenvalue weighted by Crippen LogP contribution is 2.37. The van der Waals surface area contributed by atoms with E-state index in [-0.39, 0.29) is 17.9 Å². The second kappa shape index (κ2) is 12.6. The molecule has 10 heteroatoms. The number of ether oxygens (including phenoxy) is 1. The Morgan fingerprint density at radius 1 is 1.15 bits per heavy atom. The number of amidine groups is 1. The number of aliphatic imine (C=N–C) groups is 1. The molecule has 3 aliphatic rings. The minimum absolute atomic E-state index is 0.328. The quantitative estimate of drug-likeness (QED) is 0.508. The first kappa shape index (κ1) is 29.8. The second-order valence-electron chi connectivity index (χ2n) is 12.2. The number of aliphatic hydroxyl groups is 1. The molecule has 1 aromatic carbocycles. The second-order valence-corrected chi connectivity index (χ2v) is 12.2. The van der Waals surface area contributed by atoms with Crippen LogP contribution in [0.5, 0.6) is 0 Å². The number of benzodiazepines with no additional fused rings is 1. The minimum atomic E-state index is -1.12. The van der Waals surface area contributed by atoms with E-state index in [2.05, 4.69) is 17.1 Å². The maximum atomic E-state index is 13.6. The molecule has 1 saturated heterocycles. The number of anilines is 1. The van der Waals surface area contributed by atoms with Crippen molar-refractivity contribution in [1.29, 1.82) is 0 Å². The predicted octanol–water partition coefficient (Wildman–Crippen LogP) is 3.37. The summed E-state index contributed by atoms with van der Waals surface area (Å²) in [5, 5.41) is 13.8. The number of likely N-dealkylation sites (N-methyl/N-ethyl adjacent to an activating group) is 1. The number of para-hydroxylation sites is 1. The highest BCUT2D eigenvalue weighted by Gasteiger charge is 2.38. The van der Waals surface area contributed by atoms with E-state index in [0.717, 1.165) is 31.2 Å². The highest BCUT2D eigenvalue weighted by atomic mass is 16.6. The molecule has 0 bridgehead atoms. The summed E-state index contributed by atoms with van der Waals surface area (Å²) in [4.78, 5) is 49.9. The van der Waals surface area contributed by atoms with Gasteiger partial charge in [-0.25, -0.2) is 9.79 Å². The van der Waals surface area contributed by atoms with Gasteiger partial charge in [0, 0.05) is 38.8 Å². The van der Waals surface area contributed by atoms with Crippen molar-refractivity contribution in [2.45, 2.75) is 84.1 Å². The maximum Gasteiger partial charge on any atom is 0.410 e. The fourth-order valence-electron chi connectivity index (χ4n) is 5.29. The Labute approximate surface area is 237 Å². The van der Waals surface area contributed by atoms with Crippen molar-refractivity contribution in [2.75, 3.05) is 38.1 Å². The van der Waals surface area contributed by atoms with Crippen molar-refractivity contribution >= 4 is 29.4 Å². The Balaban J connectivity index is 1.56. The zero-order chi connectivity index (χ0) is 29.0. The molecule has 1 unspecified atom stereocenters. The fourth-order valence-corrected chi connectivity index (χ4v) is 5.29. The van der Waals surface area contributed by atoms with Crippen LogP contribution in [0.3, 0.4) is 0 Å². The number of carbonyl (C=O) groups excluding carboxylic acids is 3. The van der Waals surface area contributed by atoms with Gasteiger partial charge in [-0.05, 0) is 51.7 Å². The molecular weight excluding hydrogens is 510 g/mol. The van der Waals surface area contributed by atoms with Crippen molar-refractivity contribution in [3.8, 4) is 0 Å². The average Bonchev–Trinajstić information content (AvgIpc) is 3.75. The molecule has 0 aromatic heterocycles. The number of unbranched alkanes of at least 4 members (excludes halogenated alkanes) is 1. The van der Waals surface area contributed by atoms with Crippen molar-refractivity contribution in [3.63, 3.8) is 0 Å². The SMILES string of the molecule is CCCC[C@H](O)[C@@H](CC1CC1)C(=O)NC1N=C(N2CCN(C(=O)OC(C)(C)C)CC2)c2ccccc2N(C)C1=O. The van der Waals surface area contributed by atoms with Crippen LogP contribution < -0.4 is 10.2 Å². The lowest BCUT2D eigenvalue weighted by Gasteiger charge is -2.37. The van der Waals surface area contributed by atoms with Crippen LogP contribution in [0.4, 0.5) is 10.5 Å². The van der Waals surface area contributed by atoms with Gasteiger partial charge in [-0.1, -0.05) is 44.7 Å². The van der Waals surface area contributed by atoms with Gasteiger partial charge in [0.05, 0.1) is 17.7 Å². The number of hydrogen-bond acceptors (Lipinski definition) is 7. The Morgan fingerprint density at radius 3 is 2.45 bits per heavy atom. The molecular formula is C30H45N5O5. The van der Waals surface area contributed by atoms with Gasteiger partial charge in [0.2, 0.25) is 12.1 Å². The van der Waals surface area contributed by atoms with Crippen LogP contribution in [0.1, 0.15) is 71.8 Å². The number of carbonyl (C=O) groups is 3. The molecule has 1 aromatic rings. The van der Waals surface area contributed by atoms with Gasteiger partial charge >= 0.3 is 6.09 Å². The number of nitrogens with zero attached hydrogens (tertiary/aromatic N) is 4. The van der Waals surface area contributed by atoms with E-state index >= 15 is 0 Å². The molecule has 3 atom stereocenters. The molecule has 10 nitrogen and oxygen atoms in total. The molecule has 0 spiro atoms. The standard InChI is InChI=1S/C30H45N5O5/c1-6-7-12-24(36)22(19-20-13-14-20)27(37)32-25-28(38)33(5)23-11-9-8-10-21(23)26(31-25)34-15-17-35(18-16-34)29(39)40-30(2,3)4/h8-11,20,22,24-25,36H,6-7,12-19H2,1-5H3,(H,32,37)/t22-,24+,25?/m1/s1. The Kier molecular flexibility index (Phi) is 9.38. The van der Waals surface area contributed by atoms with Gasteiger partial charge in [0.25, 0.3) is 5.91 Å². The summed E-state index contributed by atoms with van der Waals surface area (Å²) < 4.78 is 5.54. The third-order valence-corrected chi connectivity index (χ3v) is 7.77. The lowest BCUT2D eigenvalue weighted by Crippen LogP contribution is -2.52. The van der Waals surface area contributed by atoms with Crippen LogP contribution in [-0.4, -0.2) is 89.7 Å². The number of aliphatic hydroxyl groups excluding tert-OH is 1. The summed E-state index contributed by atoms with van der Waals surface area (Å²) in [5.74, 6) is -0.182. The first-order chi connectivity index (χ1) is 19.0. The highest BCUT2D eigenvalue weighted by molar-refractivity contribution is 6.12. The fraction of sp³-hybridized carbons (Fsp3) is 0.667. The van der Waals surface area contributed by atoms with E-state index in [4.69, 9.17) is 9.73 Å². The number of piperazine rings is 1. The van der Waals surface area contributed by atoms with Crippen molar-refractivity contribution in [1.82, 2.24) is 15.1 Å². The summed E-state index contributed by atoms with van der Waals surface area (Å²) in [6, 6.07) is 7.56. The lowest BCUT2D eigenvalue weighted by atomic mass is 9.91. The van der Waals surface area contributed by atoms with E-state index in [1.54, 1.807) is 11.9 Å². The van der Waals surface area contributed by atoms with Crippen LogP contribution in [0.25, 0.3) is 0 Å². The summed E-state index contributed by atoms with van der Waals surface area (Å²) in [5.41, 5.74) is 0.921. The number of fused-ring (bicyclic) bond motifs is 1. The van der Waals surface area contributed by atoms with Gasteiger partial charge in [0.15, 0.2) is 0 Å². The number of rotatable bonds is 8. The summed E-state index contributed by atoms with van der Waals surface area (Å²) in [6.07, 6.45) is 2.88. The molecule has 2 aliphatic heterocycles. The third kappa shape index (κ3) is 7.33. The van der Waals surface area contributed by atoms with Gasteiger partial charge in [-0.3, -0.25) is 9.59 Å². The van der Waals surface area contributed by atoms with E-state index in [1.807, 2.05) is 45.0 Å². The van der Waals surface area contributed by atoms with Crippen LogP contribution in [-0.2, 0) is 14.3 Å². The zero-order valence-electron chi connectivity index (χ0n) is 24.6. The lowest BCUT2D eigenvalue weighted by molar-refractivity contribution is -0.133. The molecule has 4 rings (SSSR count). The molecule has 2 fully saturated rings. The number of hydrogen-bond donors (Lipinski definition) is 2. The van der Waals surface area contributed by atoms with Gasteiger partial charge < -0.3 is 29.9 Å². The van der Waals surface area contributed by atoms with E-state index in [0.29, 0.717) is 56.5 Å². The first-order valence-electron chi connectivity index (χ1n) is 14.6. The van der Waals surface area contributed by atoms with Crippen LogP contribution >= 0.6 is 0 Å². The first-order valence-corrected chi connectivity index (χ1v) is 14.6. The maximum absolute atomic E-state index is 13.6. The van der Waals surface area contributed by atoms with Crippen molar-refractivity contribution in [2.24, 2.45) is 16.8 Å². The van der Waals surface area contributed by atoms with Crippen molar-refractivity contribution in [3.05, 3.63) is 29.8 Å². The summed E-state index contributed by atoms with van der Waals surface area (Å²) in [6.45, 7) is 9.50. The minimum Gasteiger partial charge on any atom is -0.444 e. The predicted molar refractivity (Wildman–Crippen MR) is 154 cm³/mol. The average molecular weight is 556 g/mol. The topological polar surface area (TPSA) is 115 Å². The molecule has 3 amide bonds. The van der Waals surface area contributed by atoms with Gasteiger partial charge in [-0.15, -0.1) is 0 Å². The molecule has 2 N–H and O–H groups in total. The van der Waals surface area contributed by atoms with Crippen LogP contribution in [0, 0.1) is 11.8 Å². The molecule has 1 saturated carbocycles. The molecule has 1 aliphatic carbocycles. The Morgan fingerprint density at radius 2 is 1.82 bits per heavy atom. The summed E-state index contributed by atoms with van der Waals surface area (Å²) in [7, 11) is 1.69. The molecule has 0 radical (unpaired) electrons. The Bertz CT molecular complexity index is 1100. The van der Waals surface area contributed by atoms with E-state index in [9.17, 15) is 19.5 Å². The number of benzene rings is 1. The van der Waals surface area contributed by atoms with Gasteiger partial charge in [0.1, 0.15) is 11.4 Å². The van der Waals surface area contributed by atoms with Crippen LogP contribution in [0.2, 0.25) is 0 Å². The van der Waals surface area contributed by atoms with E-state index in [1.165, 1.54) is 4.90 Å². The number of amides is 3. The summed E-state index contributed by atoms with van der Waals surface area (Å²) >= 11 is 0. The normalized spacial score (nSPS) is 21.2. The zero-order valence-corrected chi connectivity index (χ0v) is 24.6. The smallest absolute Gasteiger partial charge is 0.410 e. The Hall–Kier alpha value is -3.14. The van der Waals surface area contributed by atoms with Gasteiger partial charge in [-0.2, -0.15) is 0 Å². The molecule has 220 valence electrons. The van der Waals surface area contributed by atoms with E-state index < -0.39 is 23.8 Å².